The molecule has 3 aromatic carbocycles. The van der Waals surface area contributed by atoms with E-state index < -0.39 is 34.2 Å². The molecule has 1 amide bonds. The minimum atomic E-state index is -4.80. The molecular formula is C23H15F3N4O4. The standard InChI is InChI=1S/C23H15F3N4O4/c24-23(25,26)18-9-14(6-5-13(18)11-27)28-22(32)21(31)12-29-19-4-2-1-3-16(19)17-10-15(30(33)34)7-8-20(17)29/h1-10,21,31H,12H2,(H,28,32). The number of nitro benzene ring substituents is 1. The second kappa shape index (κ2) is 8.49. The number of aromatic nitrogens is 1. The molecule has 34 heavy (non-hydrogen) atoms. The van der Waals surface area contributed by atoms with Crippen molar-refractivity contribution in [3.8, 4) is 6.07 Å². The van der Waals surface area contributed by atoms with E-state index in [1.165, 1.54) is 24.3 Å². The lowest BCUT2D eigenvalue weighted by atomic mass is 10.1. The summed E-state index contributed by atoms with van der Waals surface area (Å²) in [4.78, 5) is 23.2. The third kappa shape index (κ3) is 4.14. The number of hydrogen-bond donors (Lipinski definition) is 2. The Morgan fingerprint density at radius 1 is 1.12 bits per heavy atom. The van der Waals surface area contributed by atoms with Crippen molar-refractivity contribution in [1.82, 2.24) is 4.57 Å². The fraction of sp³-hybridized carbons (Fsp3) is 0.130. The monoisotopic (exact) mass is 468 g/mol. The van der Waals surface area contributed by atoms with Gasteiger partial charge in [0.25, 0.3) is 11.6 Å². The molecule has 1 heterocycles. The van der Waals surface area contributed by atoms with Gasteiger partial charge in [-0.3, -0.25) is 14.9 Å². The Labute approximate surface area is 189 Å². The van der Waals surface area contributed by atoms with Crippen molar-refractivity contribution in [2.24, 2.45) is 0 Å². The van der Waals surface area contributed by atoms with Crippen LogP contribution < -0.4 is 5.32 Å². The van der Waals surface area contributed by atoms with Crippen molar-refractivity contribution in [3.05, 3.63) is 81.9 Å². The van der Waals surface area contributed by atoms with E-state index in [0.29, 0.717) is 27.9 Å². The number of benzene rings is 3. The normalized spacial score (nSPS) is 12.4. The van der Waals surface area contributed by atoms with Crippen molar-refractivity contribution in [2.45, 2.75) is 18.8 Å². The number of halogens is 3. The van der Waals surface area contributed by atoms with Gasteiger partial charge < -0.3 is 15.0 Å². The summed E-state index contributed by atoms with van der Waals surface area (Å²) in [5.41, 5.74) is -0.987. The van der Waals surface area contributed by atoms with Gasteiger partial charge >= 0.3 is 6.18 Å². The predicted octanol–water partition coefficient (Wildman–Crippen LogP) is 4.59. The fourth-order valence-electron chi connectivity index (χ4n) is 3.79. The summed E-state index contributed by atoms with van der Waals surface area (Å²) < 4.78 is 41.1. The molecule has 1 unspecified atom stereocenters. The van der Waals surface area contributed by atoms with Crippen LogP contribution in [0.5, 0.6) is 0 Å². The van der Waals surface area contributed by atoms with E-state index in [4.69, 9.17) is 5.26 Å². The first-order chi connectivity index (χ1) is 16.1. The SMILES string of the molecule is N#Cc1ccc(NC(=O)C(O)Cn2c3ccccc3c3cc([N+](=O)[O-])ccc32)cc1C(F)(F)F. The van der Waals surface area contributed by atoms with Crippen LogP contribution in [-0.2, 0) is 17.5 Å². The van der Waals surface area contributed by atoms with Gasteiger partial charge in [0.1, 0.15) is 0 Å². The van der Waals surface area contributed by atoms with Gasteiger partial charge in [-0.15, -0.1) is 0 Å². The van der Waals surface area contributed by atoms with Crippen molar-refractivity contribution in [2.75, 3.05) is 5.32 Å². The van der Waals surface area contributed by atoms with Crippen LogP contribution in [0, 0.1) is 21.4 Å². The van der Waals surface area contributed by atoms with E-state index in [-0.39, 0.29) is 17.9 Å². The van der Waals surface area contributed by atoms with Crippen molar-refractivity contribution >= 4 is 39.1 Å². The number of fused-ring (bicyclic) bond motifs is 3. The first-order valence-electron chi connectivity index (χ1n) is 9.86. The Hall–Kier alpha value is -4.43. The van der Waals surface area contributed by atoms with Gasteiger partial charge in [0.15, 0.2) is 6.10 Å². The first kappa shape index (κ1) is 22.8. The molecule has 0 aliphatic rings. The topological polar surface area (TPSA) is 121 Å². The molecule has 4 aromatic rings. The molecule has 2 N–H and O–H groups in total. The van der Waals surface area contributed by atoms with Gasteiger partial charge in [-0.1, -0.05) is 18.2 Å². The van der Waals surface area contributed by atoms with E-state index in [9.17, 15) is 33.2 Å². The summed E-state index contributed by atoms with van der Waals surface area (Å²) in [7, 11) is 0. The summed E-state index contributed by atoms with van der Waals surface area (Å²) >= 11 is 0. The number of nitrogens with one attached hydrogen (secondary N) is 1. The molecule has 0 spiro atoms. The smallest absolute Gasteiger partial charge is 0.381 e. The summed E-state index contributed by atoms with van der Waals surface area (Å²) in [6.07, 6.45) is -6.45. The van der Waals surface area contributed by atoms with Gasteiger partial charge in [0.2, 0.25) is 0 Å². The maximum atomic E-state index is 13.2. The Kier molecular flexibility index (Phi) is 5.68. The van der Waals surface area contributed by atoms with Gasteiger partial charge in [0, 0.05) is 39.6 Å². The van der Waals surface area contributed by atoms with Gasteiger partial charge in [-0.2, -0.15) is 18.4 Å². The summed E-state index contributed by atoms with van der Waals surface area (Å²) in [5, 5.41) is 34.1. The first-order valence-corrected chi connectivity index (χ1v) is 9.86. The lowest BCUT2D eigenvalue weighted by Crippen LogP contribution is -2.31. The number of aliphatic hydroxyl groups excluding tert-OH is 1. The van der Waals surface area contributed by atoms with Crippen LogP contribution in [0.15, 0.2) is 60.7 Å². The number of carbonyl (C=O) groups is 1. The number of amides is 1. The molecule has 0 aliphatic carbocycles. The molecule has 1 atom stereocenters. The summed E-state index contributed by atoms with van der Waals surface area (Å²) in [6.45, 7) is -0.254. The van der Waals surface area contributed by atoms with E-state index in [0.717, 1.165) is 12.1 Å². The number of nitrogens with zero attached hydrogens (tertiary/aromatic N) is 3. The third-order valence-electron chi connectivity index (χ3n) is 5.34. The number of para-hydroxylation sites is 1. The van der Waals surface area contributed by atoms with Crippen LogP contribution in [0.1, 0.15) is 11.1 Å². The number of nitriles is 1. The average molecular weight is 468 g/mol. The molecule has 0 aliphatic heterocycles. The van der Waals surface area contributed by atoms with E-state index in [1.807, 2.05) is 0 Å². The Bertz CT molecular complexity index is 1490. The zero-order valence-electron chi connectivity index (χ0n) is 17.2. The Morgan fingerprint density at radius 2 is 1.82 bits per heavy atom. The Balaban J connectivity index is 1.65. The molecule has 4 rings (SSSR count). The molecule has 11 heteroatoms. The number of non-ortho nitro benzene ring substituents is 1. The number of carbonyl (C=O) groups excluding carboxylic acids is 1. The van der Waals surface area contributed by atoms with Gasteiger partial charge in [-0.05, 0) is 30.3 Å². The summed E-state index contributed by atoms with van der Waals surface area (Å²) in [6, 6.07) is 15.3. The van der Waals surface area contributed by atoms with Crippen LogP contribution in [-0.4, -0.2) is 26.6 Å². The number of nitro groups is 1. The lowest BCUT2D eigenvalue weighted by Gasteiger charge is -2.15. The zero-order valence-corrected chi connectivity index (χ0v) is 17.2. The lowest BCUT2D eigenvalue weighted by molar-refractivity contribution is -0.384. The quantitative estimate of drug-likeness (QED) is 0.328. The summed E-state index contributed by atoms with van der Waals surface area (Å²) in [5.74, 6) is -0.953. The molecular weight excluding hydrogens is 453 g/mol. The third-order valence-corrected chi connectivity index (χ3v) is 5.34. The predicted molar refractivity (Wildman–Crippen MR) is 117 cm³/mol. The average Bonchev–Trinajstić information content (AvgIpc) is 3.11. The van der Waals surface area contributed by atoms with Crippen LogP contribution in [0.4, 0.5) is 24.5 Å². The van der Waals surface area contributed by atoms with Crippen LogP contribution in [0.3, 0.4) is 0 Å². The molecule has 0 radical (unpaired) electrons. The van der Waals surface area contributed by atoms with Gasteiger partial charge in [0.05, 0.1) is 28.7 Å². The maximum Gasteiger partial charge on any atom is 0.417 e. The minimum absolute atomic E-state index is 0.116. The second-order valence-corrected chi connectivity index (χ2v) is 7.46. The Morgan fingerprint density at radius 3 is 2.50 bits per heavy atom. The molecule has 0 bridgehead atoms. The number of alkyl halides is 3. The number of rotatable bonds is 5. The second-order valence-electron chi connectivity index (χ2n) is 7.46. The van der Waals surface area contributed by atoms with E-state index in [1.54, 1.807) is 28.8 Å². The van der Waals surface area contributed by atoms with Crippen molar-refractivity contribution in [3.63, 3.8) is 0 Å². The van der Waals surface area contributed by atoms with Gasteiger partial charge in [-0.25, -0.2) is 0 Å². The van der Waals surface area contributed by atoms with Crippen molar-refractivity contribution in [1.29, 1.82) is 5.26 Å². The molecule has 1 aromatic heterocycles. The largest absolute Gasteiger partial charge is 0.417 e. The molecule has 172 valence electrons. The molecule has 8 nitrogen and oxygen atoms in total. The molecule has 0 fully saturated rings. The van der Waals surface area contributed by atoms with Crippen LogP contribution in [0.2, 0.25) is 0 Å². The van der Waals surface area contributed by atoms with E-state index in [2.05, 4.69) is 5.32 Å². The number of anilines is 1. The minimum Gasteiger partial charge on any atom is -0.381 e. The highest BCUT2D eigenvalue weighted by atomic mass is 19.4. The fourth-order valence-corrected chi connectivity index (χ4v) is 3.79. The van der Waals surface area contributed by atoms with E-state index >= 15 is 0 Å². The molecule has 0 saturated heterocycles. The van der Waals surface area contributed by atoms with Crippen molar-refractivity contribution < 1.29 is 28.0 Å². The van der Waals surface area contributed by atoms with Crippen LogP contribution in [0.25, 0.3) is 21.8 Å². The maximum absolute atomic E-state index is 13.2. The number of aliphatic hydroxyl groups is 1. The zero-order chi connectivity index (χ0) is 24.6. The number of hydrogen-bond acceptors (Lipinski definition) is 5. The molecule has 0 saturated carbocycles. The highest BCUT2D eigenvalue weighted by Crippen LogP contribution is 2.34. The highest BCUT2D eigenvalue weighted by Gasteiger charge is 2.34. The van der Waals surface area contributed by atoms with Crippen LogP contribution >= 0.6 is 0 Å². The highest BCUT2D eigenvalue weighted by molar-refractivity contribution is 6.09.